The topological polar surface area (TPSA) is 80.7 Å². The fourth-order valence-corrected chi connectivity index (χ4v) is 4.52. The van der Waals surface area contributed by atoms with Crippen molar-refractivity contribution in [3.05, 3.63) is 49.2 Å². The highest BCUT2D eigenvalue weighted by atomic mass is 32.1. The Balaban J connectivity index is 2.13. The Hall–Kier alpha value is -1.99. The number of hydrogen-bond donors (Lipinski definition) is 1. The maximum atomic E-state index is 11.1. The molecule has 0 amide bonds. The smallest absolute Gasteiger partial charge is 0.272 e. The van der Waals surface area contributed by atoms with Gasteiger partial charge in [0.2, 0.25) is 0 Å². The van der Waals surface area contributed by atoms with Gasteiger partial charge in [0.05, 0.1) is 22.4 Å². The molecule has 1 heterocycles. The molecule has 0 radical (unpaired) electrons. The number of benzene rings is 1. The maximum Gasteiger partial charge on any atom is 0.272 e. The van der Waals surface area contributed by atoms with Crippen molar-refractivity contribution in [2.45, 2.75) is 58.6 Å². The molecule has 6 nitrogen and oxygen atoms in total. The number of hydrogen-bond acceptors (Lipinski definition) is 5. The largest absolute Gasteiger partial charge is 0.387 e. The highest BCUT2D eigenvalue weighted by Crippen LogP contribution is 2.33. The van der Waals surface area contributed by atoms with Crippen LogP contribution in [0.25, 0.3) is 0 Å². The quantitative estimate of drug-likeness (QED) is 0.644. The molecule has 1 aliphatic carbocycles. The summed E-state index contributed by atoms with van der Waals surface area (Å²) in [4.78, 5) is 16.4. The Morgan fingerprint density at radius 1 is 1.32 bits per heavy atom. The molecule has 1 atom stereocenters. The van der Waals surface area contributed by atoms with Crippen molar-refractivity contribution in [2.75, 3.05) is 0 Å². The number of thiazole rings is 1. The normalized spacial score (nSPS) is 17.2. The Labute approximate surface area is 150 Å². The number of aliphatic hydroxyl groups excluding tert-OH is 1. The minimum absolute atomic E-state index is 0.121. The van der Waals surface area contributed by atoms with E-state index in [4.69, 9.17) is 4.99 Å². The lowest BCUT2D eigenvalue weighted by Crippen LogP contribution is -2.22. The van der Waals surface area contributed by atoms with E-state index in [1.165, 1.54) is 30.2 Å². The molecule has 1 saturated carbocycles. The Bertz CT molecular complexity index is 861. The van der Waals surface area contributed by atoms with Crippen LogP contribution in [0.2, 0.25) is 0 Å². The lowest BCUT2D eigenvalue weighted by molar-refractivity contribution is -0.385. The average Bonchev–Trinajstić information content (AvgIpc) is 3.20. The number of nitrogens with zero attached hydrogens (tertiary/aromatic N) is 3. The predicted octanol–water partition coefficient (Wildman–Crippen LogP) is 4.48. The van der Waals surface area contributed by atoms with Crippen LogP contribution in [0.4, 0.5) is 11.4 Å². The first kappa shape index (κ1) is 17.8. The Kier molecular flexibility index (Phi) is 5.06. The van der Waals surface area contributed by atoms with Crippen LogP contribution in [-0.2, 0) is 0 Å². The van der Waals surface area contributed by atoms with E-state index in [1.807, 2.05) is 12.3 Å². The van der Waals surface area contributed by atoms with E-state index >= 15 is 0 Å². The van der Waals surface area contributed by atoms with E-state index in [9.17, 15) is 15.2 Å². The first-order valence-electron chi connectivity index (χ1n) is 8.57. The highest BCUT2D eigenvalue weighted by molar-refractivity contribution is 7.07. The van der Waals surface area contributed by atoms with Crippen molar-refractivity contribution in [3.8, 4) is 0 Å². The fraction of sp³-hybridized carbons (Fsp3) is 0.500. The van der Waals surface area contributed by atoms with Crippen LogP contribution in [0.1, 0.15) is 61.6 Å². The number of aromatic nitrogens is 1. The summed E-state index contributed by atoms with van der Waals surface area (Å²) in [6, 6.07) is 3.60. The van der Waals surface area contributed by atoms with Gasteiger partial charge in [-0.3, -0.25) is 10.1 Å². The SMILES string of the molecule is Cc1c(N=c2scc([C@@H](C)O)n2C2CCCC2)ccc([N+](=O)[O-])c1C. The Morgan fingerprint density at radius 2 is 2.00 bits per heavy atom. The first-order valence-corrected chi connectivity index (χ1v) is 9.45. The standard InChI is InChI=1S/C18H23N3O3S/c1-11-12(2)16(21(23)24)9-8-15(11)19-18-20(14-6-4-5-7-14)17(10-25-18)13(3)22/h8-10,13-14,22H,4-7H2,1-3H3/t13-/m1/s1. The van der Waals surface area contributed by atoms with Crippen molar-refractivity contribution in [1.82, 2.24) is 4.57 Å². The summed E-state index contributed by atoms with van der Waals surface area (Å²) in [6.45, 7) is 5.40. The van der Waals surface area contributed by atoms with Gasteiger partial charge in [-0.25, -0.2) is 4.99 Å². The minimum Gasteiger partial charge on any atom is -0.387 e. The summed E-state index contributed by atoms with van der Waals surface area (Å²) < 4.78 is 2.17. The maximum absolute atomic E-state index is 11.1. The zero-order valence-electron chi connectivity index (χ0n) is 14.7. The molecule has 1 aromatic heterocycles. The highest BCUT2D eigenvalue weighted by Gasteiger charge is 2.23. The molecule has 7 heteroatoms. The van der Waals surface area contributed by atoms with Crippen LogP contribution in [-0.4, -0.2) is 14.6 Å². The van der Waals surface area contributed by atoms with Crippen LogP contribution in [0.15, 0.2) is 22.5 Å². The lowest BCUT2D eigenvalue weighted by Gasteiger charge is -2.17. The molecule has 0 unspecified atom stereocenters. The molecule has 2 aromatic rings. The summed E-state index contributed by atoms with van der Waals surface area (Å²) in [5.41, 5.74) is 3.22. The number of aliphatic hydroxyl groups is 1. The summed E-state index contributed by atoms with van der Waals surface area (Å²) >= 11 is 1.51. The van der Waals surface area contributed by atoms with Crippen molar-refractivity contribution in [2.24, 2.45) is 4.99 Å². The van der Waals surface area contributed by atoms with Gasteiger partial charge in [-0.15, -0.1) is 11.3 Å². The van der Waals surface area contributed by atoms with E-state index < -0.39 is 6.10 Å². The molecule has 1 aromatic carbocycles. The first-order chi connectivity index (χ1) is 11.9. The van der Waals surface area contributed by atoms with E-state index in [-0.39, 0.29) is 10.6 Å². The molecular weight excluding hydrogens is 338 g/mol. The van der Waals surface area contributed by atoms with Gasteiger partial charge in [-0.1, -0.05) is 12.8 Å². The van der Waals surface area contributed by atoms with Crippen LogP contribution in [0.3, 0.4) is 0 Å². The summed E-state index contributed by atoms with van der Waals surface area (Å²) in [5.74, 6) is 0. The van der Waals surface area contributed by atoms with Gasteiger partial charge in [0, 0.05) is 23.1 Å². The zero-order valence-corrected chi connectivity index (χ0v) is 15.5. The van der Waals surface area contributed by atoms with Crippen LogP contribution in [0, 0.1) is 24.0 Å². The summed E-state index contributed by atoms with van der Waals surface area (Å²) in [7, 11) is 0. The second kappa shape index (κ2) is 7.09. The molecule has 25 heavy (non-hydrogen) atoms. The Morgan fingerprint density at radius 3 is 2.60 bits per heavy atom. The van der Waals surface area contributed by atoms with Crippen LogP contribution >= 0.6 is 11.3 Å². The van der Waals surface area contributed by atoms with E-state index in [1.54, 1.807) is 19.9 Å². The number of nitro groups is 1. The molecule has 1 fully saturated rings. The predicted molar refractivity (Wildman–Crippen MR) is 98.2 cm³/mol. The zero-order chi connectivity index (χ0) is 18.1. The minimum atomic E-state index is -0.541. The van der Waals surface area contributed by atoms with Crippen molar-refractivity contribution in [1.29, 1.82) is 0 Å². The second-order valence-electron chi connectivity index (χ2n) is 6.65. The number of rotatable bonds is 4. The van der Waals surface area contributed by atoms with Gasteiger partial charge in [-0.05, 0) is 45.2 Å². The molecule has 0 aliphatic heterocycles. The average molecular weight is 361 g/mol. The van der Waals surface area contributed by atoms with Crippen molar-refractivity contribution in [3.63, 3.8) is 0 Å². The van der Waals surface area contributed by atoms with Gasteiger partial charge < -0.3 is 9.67 Å². The third kappa shape index (κ3) is 3.39. The van der Waals surface area contributed by atoms with Gasteiger partial charge in [0.1, 0.15) is 0 Å². The van der Waals surface area contributed by atoms with E-state index in [0.29, 0.717) is 11.6 Å². The van der Waals surface area contributed by atoms with Gasteiger partial charge >= 0.3 is 0 Å². The fourth-order valence-electron chi connectivity index (χ4n) is 3.46. The molecule has 1 aliphatic rings. The third-order valence-electron chi connectivity index (χ3n) is 5.03. The molecule has 0 saturated heterocycles. The van der Waals surface area contributed by atoms with Crippen LogP contribution < -0.4 is 4.80 Å². The van der Waals surface area contributed by atoms with Gasteiger partial charge in [-0.2, -0.15) is 0 Å². The van der Waals surface area contributed by atoms with E-state index in [2.05, 4.69) is 4.57 Å². The lowest BCUT2D eigenvalue weighted by atomic mass is 10.1. The molecule has 0 bridgehead atoms. The van der Waals surface area contributed by atoms with Crippen molar-refractivity contribution < 1.29 is 10.0 Å². The molecule has 1 N–H and O–H groups in total. The second-order valence-corrected chi connectivity index (χ2v) is 7.49. The molecule has 3 rings (SSSR count). The third-order valence-corrected chi connectivity index (χ3v) is 5.89. The monoisotopic (exact) mass is 361 g/mol. The summed E-state index contributed by atoms with van der Waals surface area (Å²) in [6.07, 6.45) is 4.05. The molecular formula is C18H23N3O3S. The number of nitro benzene ring substituents is 1. The van der Waals surface area contributed by atoms with Crippen LogP contribution in [0.5, 0.6) is 0 Å². The van der Waals surface area contributed by atoms with Gasteiger partial charge in [0.25, 0.3) is 5.69 Å². The van der Waals surface area contributed by atoms with Gasteiger partial charge in [0.15, 0.2) is 4.80 Å². The van der Waals surface area contributed by atoms with E-state index in [0.717, 1.165) is 34.6 Å². The molecule has 0 spiro atoms. The molecule has 134 valence electrons. The summed E-state index contributed by atoms with van der Waals surface area (Å²) in [5, 5.41) is 23.2. The van der Waals surface area contributed by atoms with Crippen molar-refractivity contribution >= 4 is 22.7 Å².